The van der Waals surface area contributed by atoms with Crippen molar-refractivity contribution in [3.63, 3.8) is 0 Å². The van der Waals surface area contributed by atoms with E-state index in [0.717, 1.165) is 5.56 Å². The van der Waals surface area contributed by atoms with Crippen LogP contribution in [0.1, 0.15) is 32.0 Å². The van der Waals surface area contributed by atoms with Crippen LogP contribution in [0.25, 0.3) is 0 Å². The molecule has 102 valence electrons. The molecule has 0 heterocycles. The van der Waals surface area contributed by atoms with Crippen molar-refractivity contribution in [1.29, 1.82) is 0 Å². The van der Waals surface area contributed by atoms with Gasteiger partial charge < -0.3 is 13.8 Å². The van der Waals surface area contributed by atoms with E-state index in [1.807, 2.05) is 31.2 Å². The van der Waals surface area contributed by atoms with Gasteiger partial charge in [-0.3, -0.25) is 4.57 Å². The number of ether oxygens (including phenoxy) is 1. The summed E-state index contributed by atoms with van der Waals surface area (Å²) in [7, 11) is -1.56. The van der Waals surface area contributed by atoms with Crippen LogP contribution in [0.4, 0.5) is 0 Å². The van der Waals surface area contributed by atoms with Crippen LogP contribution in [-0.2, 0) is 13.6 Å². The zero-order valence-electron chi connectivity index (χ0n) is 11.4. The standard InChI is InChI=1S/C13H21O4P/c1-5-16-18(14,17-6-2)11(3)12-9-7-8-10-13(12)15-4/h7-11H,5-6H2,1-4H3. The molecule has 0 aliphatic carbocycles. The van der Waals surface area contributed by atoms with Gasteiger partial charge in [0.2, 0.25) is 0 Å². The summed E-state index contributed by atoms with van der Waals surface area (Å²) >= 11 is 0. The lowest BCUT2D eigenvalue weighted by atomic mass is 10.1. The maximum Gasteiger partial charge on any atom is 0.337 e. The highest BCUT2D eigenvalue weighted by molar-refractivity contribution is 7.54. The van der Waals surface area contributed by atoms with Gasteiger partial charge in [-0.2, -0.15) is 0 Å². The van der Waals surface area contributed by atoms with Crippen LogP contribution < -0.4 is 4.74 Å². The minimum Gasteiger partial charge on any atom is -0.496 e. The summed E-state index contributed by atoms with van der Waals surface area (Å²) in [6.45, 7) is 6.17. The summed E-state index contributed by atoms with van der Waals surface area (Å²) in [4.78, 5) is 0. The van der Waals surface area contributed by atoms with E-state index in [-0.39, 0.29) is 5.66 Å². The summed E-state index contributed by atoms with van der Waals surface area (Å²) in [6.07, 6.45) is 0. The molecule has 0 saturated heterocycles. The molecule has 1 aromatic carbocycles. The van der Waals surface area contributed by atoms with Crippen LogP contribution in [0.3, 0.4) is 0 Å². The van der Waals surface area contributed by atoms with Crippen molar-refractivity contribution in [2.75, 3.05) is 20.3 Å². The zero-order valence-corrected chi connectivity index (χ0v) is 12.3. The van der Waals surface area contributed by atoms with Gasteiger partial charge in [0.05, 0.1) is 26.0 Å². The summed E-state index contributed by atoms with van der Waals surface area (Å²) in [6, 6.07) is 7.49. The van der Waals surface area contributed by atoms with Gasteiger partial charge in [0.25, 0.3) is 0 Å². The Bertz CT molecular complexity index is 409. The fourth-order valence-electron chi connectivity index (χ4n) is 1.80. The Labute approximate surface area is 109 Å². The van der Waals surface area contributed by atoms with E-state index in [1.165, 1.54) is 0 Å². The van der Waals surface area contributed by atoms with Gasteiger partial charge in [-0.1, -0.05) is 18.2 Å². The van der Waals surface area contributed by atoms with E-state index >= 15 is 0 Å². The zero-order chi connectivity index (χ0) is 13.6. The monoisotopic (exact) mass is 272 g/mol. The van der Waals surface area contributed by atoms with Crippen LogP contribution in [0, 0.1) is 0 Å². The smallest absolute Gasteiger partial charge is 0.337 e. The third kappa shape index (κ3) is 3.35. The Morgan fingerprint density at radius 1 is 1.17 bits per heavy atom. The Balaban J connectivity index is 3.09. The highest BCUT2D eigenvalue weighted by Crippen LogP contribution is 2.61. The molecular formula is C13H21O4P. The molecule has 5 heteroatoms. The van der Waals surface area contributed by atoms with E-state index in [4.69, 9.17) is 13.8 Å². The predicted octanol–water partition coefficient (Wildman–Crippen LogP) is 4.02. The quantitative estimate of drug-likeness (QED) is 0.703. The molecule has 0 amide bonds. The molecule has 0 aliphatic heterocycles. The lowest BCUT2D eigenvalue weighted by Crippen LogP contribution is -2.05. The van der Waals surface area contributed by atoms with Crippen LogP contribution >= 0.6 is 7.60 Å². The lowest BCUT2D eigenvalue weighted by Gasteiger charge is -2.24. The Hall–Kier alpha value is -0.830. The average molecular weight is 272 g/mol. The highest BCUT2D eigenvalue weighted by Gasteiger charge is 2.34. The first kappa shape index (κ1) is 15.2. The molecule has 0 spiro atoms. The van der Waals surface area contributed by atoms with E-state index < -0.39 is 7.60 Å². The maximum atomic E-state index is 12.7. The number of para-hydroxylation sites is 1. The van der Waals surface area contributed by atoms with Gasteiger partial charge in [0.1, 0.15) is 5.75 Å². The fraction of sp³-hybridized carbons (Fsp3) is 0.538. The number of benzene rings is 1. The minimum absolute atomic E-state index is 0.353. The molecule has 0 N–H and O–H groups in total. The summed E-state index contributed by atoms with van der Waals surface area (Å²) in [5.74, 6) is 0.699. The van der Waals surface area contributed by atoms with E-state index in [0.29, 0.717) is 19.0 Å². The van der Waals surface area contributed by atoms with E-state index in [2.05, 4.69) is 0 Å². The molecule has 18 heavy (non-hydrogen) atoms. The first-order valence-electron chi connectivity index (χ1n) is 6.10. The molecule has 1 unspecified atom stereocenters. The second-order valence-corrected chi connectivity index (χ2v) is 6.16. The second kappa shape index (κ2) is 6.93. The molecule has 0 aliphatic rings. The number of hydrogen-bond donors (Lipinski definition) is 0. The van der Waals surface area contributed by atoms with Crippen molar-refractivity contribution >= 4 is 7.60 Å². The van der Waals surface area contributed by atoms with Crippen molar-refractivity contribution in [3.05, 3.63) is 29.8 Å². The van der Waals surface area contributed by atoms with Gasteiger partial charge in [-0.15, -0.1) is 0 Å². The molecule has 0 saturated carbocycles. The maximum absolute atomic E-state index is 12.7. The first-order chi connectivity index (χ1) is 8.59. The van der Waals surface area contributed by atoms with Crippen molar-refractivity contribution in [2.45, 2.75) is 26.4 Å². The summed E-state index contributed by atoms with van der Waals surface area (Å²) < 4.78 is 28.7. The fourth-order valence-corrected chi connectivity index (χ4v) is 3.60. The molecule has 4 nitrogen and oxygen atoms in total. The van der Waals surface area contributed by atoms with E-state index in [9.17, 15) is 4.57 Å². The summed E-state index contributed by atoms with van der Waals surface area (Å²) in [5, 5.41) is 0. The SMILES string of the molecule is CCOP(=O)(OCC)C(C)c1ccccc1OC. The van der Waals surface area contributed by atoms with Crippen LogP contribution in [0.5, 0.6) is 5.75 Å². The second-order valence-electron chi connectivity index (χ2n) is 3.79. The highest BCUT2D eigenvalue weighted by atomic mass is 31.2. The third-order valence-corrected chi connectivity index (χ3v) is 5.14. The summed E-state index contributed by atoms with van der Waals surface area (Å²) in [5.41, 5.74) is 0.485. The van der Waals surface area contributed by atoms with Crippen LogP contribution in [0.2, 0.25) is 0 Å². The molecular weight excluding hydrogens is 251 g/mol. The van der Waals surface area contributed by atoms with Gasteiger partial charge in [0, 0.05) is 5.56 Å². The van der Waals surface area contributed by atoms with Gasteiger partial charge in [-0.05, 0) is 26.8 Å². The normalized spacial score (nSPS) is 13.3. The topological polar surface area (TPSA) is 44.8 Å². The molecule has 0 aromatic heterocycles. The van der Waals surface area contributed by atoms with Crippen molar-refractivity contribution < 1.29 is 18.3 Å². The van der Waals surface area contributed by atoms with Gasteiger partial charge in [-0.25, -0.2) is 0 Å². The van der Waals surface area contributed by atoms with Gasteiger partial charge >= 0.3 is 7.60 Å². The Kier molecular flexibility index (Phi) is 5.86. The third-order valence-electron chi connectivity index (χ3n) is 2.68. The lowest BCUT2D eigenvalue weighted by molar-refractivity contribution is 0.213. The minimum atomic E-state index is -3.15. The van der Waals surface area contributed by atoms with Crippen molar-refractivity contribution in [2.24, 2.45) is 0 Å². The molecule has 0 bridgehead atoms. The molecule has 1 aromatic rings. The number of hydrogen-bond acceptors (Lipinski definition) is 4. The molecule has 1 atom stereocenters. The average Bonchev–Trinajstić information content (AvgIpc) is 2.38. The van der Waals surface area contributed by atoms with Gasteiger partial charge in [0.15, 0.2) is 0 Å². The predicted molar refractivity (Wildman–Crippen MR) is 72.3 cm³/mol. The van der Waals surface area contributed by atoms with Crippen LogP contribution in [0.15, 0.2) is 24.3 Å². The Morgan fingerprint density at radius 3 is 2.22 bits per heavy atom. The number of methoxy groups -OCH3 is 1. The van der Waals surface area contributed by atoms with Crippen molar-refractivity contribution in [3.8, 4) is 5.75 Å². The largest absolute Gasteiger partial charge is 0.496 e. The van der Waals surface area contributed by atoms with E-state index in [1.54, 1.807) is 21.0 Å². The number of rotatable bonds is 7. The van der Waals surface area contributed by atoms with Crippen LogP contribution in [-0.4, -0.2) is 20.3 Å². The van der Waals surface area contributed by atoms with Crippen molar-refractivity contribution in [1.82, 2.24) is 0 Å². The first-order valence-corrected chi connectivity index (χ1v) is 7.72. The molecule has 1 rings (SSSR count). The Morgan fingerprint density at radius 2 is 1.72 bits per heavy atom. The molecule has 0 fully saturated rings. The molecule has 0 radical (unpaired) electrons.